The van der Waals surface area contributed by atoms with Gasteiger partial charge in [0.25, 0.3) is 0 Å². The van der Waals surface area contributed by atoms with Crippen LogP contribution >= 0.6 is 0 Å². The number of rotatable bonds is 2. The molecule has 1 spiro atoms. The van der Waals surface area contributed by atoms with E-state index in [1.54, 1.807) is 14.2 Å². The summed E-state index contributed by atoms with van der Waals surface area (Å²) < 4.78 is 28.8. The van der Waals surface area contributed by atoms with Gasteiger partial charge in [0.05, 0.1) is 33.0 Å². The summed E-state index contributed by atoms with van der Waals surface area (Å²) >= 11 is 0. The molecule has 5 heteroatoms. The Bertz CT molecular complexity index is 601. The molecule has 3 aliphatic rings. The average Bonchev–Trinajstić information content (AvgIpc) is 3.12. The number of allylic oxidation sites excluding steroid dienone is 1. The van der Waals surface area contributed by atoms with Crippen LogP contribution < -0.4 is 14.2 Å². The average molecular weight is 290 g/mol. The summed E-state index contributed by atoms with van der Waals surface area (Å²) in [6.07, 6.45) is 3.69. The van der Waals surface area contributed by atoms with E-state index in [4.69, 9.17) is 23.7 Å². The molecule has 1 saturated heterocycles. The van der Waals surface area contributed by atoms with Gasteiger partial charge < -0.3 is 23.7 Å². The predicted molar refractivity (Wildman–Crippen MR) is 75.8 cm³/mol. The van der Waals surface area contributed by atoms with Gasteiger partial charge in [-0.3, -0.25) is 0 Å². The second-order valence-electron chi connectivity index (χ2n) is 5.41. The fraction of sp³-hybridized carbons (Fsp3) is 0.500. The van der Waals surface area contributed by atoms with E-state index in [1.807, 2.05) is 12.1 Å². The molecule has 0 aromatic heterocycles. The normalized spacial score (nSPS) is 25.0. The first-order valence-electron chi connectivity index (χ1n) is 7.18. The molecule has 5 nitrogen and oxygen atoms in total. The highest BCUT2D eigenvalue weighted by molar-refractivity contribution is 5.83. The molecule has 0 N–H and O–H groups in total. The van der Waals surface area contributed by atoms with Crippen molar-refractivity contribution in [3.05, 3.63) is 23.8 Å². The van der Waals surface area contributed by atoms with Crippen molar-refractivity contribution in [3.8, 4) is 17.2 Å². The van der Waals surface area contributed by atoms with Gasteiger partial charge in [0.1, 0.15) is 17.2 Å². The number of hydrogen-bond donors (Lipinski definition) is 0. The van der Waals surface area contributed by atoms with E-state index in [-0.39, 0.29) is 6.10 Å². The summed E-state index contributed by atoms with van der Waals surface area (Å²) in [5.74, 6) is 1.59. The third-order valence-corrected chi connectivity index (χ3v) is 4.34. The van der Waals surface area contributed by atoms with E-state index < -0.39 is 5.79 Å². The summed E-state index contributed by atoms with van der Waals surface area (Å²) in [7, 11) is 3.29. The molecule has 1 aromatic carbocycles. The van der Waals surface area contributed by atoms with E-state index in [0.29, 0.717) is 19.0 Å². The van der Waals surface area contributed by atoms with E-state index in [9.17, 15) is 0 Å². The zero-order valence-corrected chi connectivity index (χ0v) is 12.2. The molecule has 1 atom stereocenters. The van der Waals surface area contributed by atoms with Crippen LogP contribution in [0.15, 0.2) is 18.2 Å². The molecule has 0 radical (unpaired) electrons. The Labute approximate surface area is 123 Å². The van der Waals surface area contributed by atoms with Crippen molar-refractivity contribution in [1.29, 1.82) is 0 Å². The largest absolute Gasteiger partial charge is 0.496 e. The molecule has 0 bridgehead atoms. The fourth-order valence-corrected chi connectivity index (χ4v) is 3.41. The Kier molecular flexibility index (Phi) is 2.87. The molecule has 0 saturated carbocycles. The van der Waals surface area contributed by atoms with Crippen LogP contribution in [0.5, 0.6) is 17.2 Å². The first-order chi connectivity index (χ1) is 10.3. The molecule has 0 amide bonds. The number of methoxy groups -OCH3 is 2. The first kappa shape index (κ1) is 13.0. The number of hydrogen-bond acceptors (Lipinski definition) is 5. The molecule has 112 valence electrons. The number of fused-ring (bicyclic) bond motifs is 4. The van der Waals surface area contributed by atoms with E-state index >= 15 is 0 Å². The van der Waals surface area contributed by atoms with Crippen molar-refractivity contribution >= 4 is 5.57 Å². The third kappa shape index (κ3) is 1.77. The van der Waals surface area contributed by atoms with Gasteiger partial charge in [0.2, 0.25) is 5.79 Å². The Hall–Kier alpha value is -1.72. The van der Waals surface area contributed by atoms with Gasteiger partial charge in [-0.25, -0.2) is 0 Å². The van der Waals surface area contributed by atoms with Crippen LogP contribution in [0.1, 0.15) is 18.4 Å². The zero-order valence-electron chi connectivity index (χ0n) is 12.2. The highest BCUT2D eigenvalue weighted by Gasteiger charge is 2.53. The maximum Gasteiger partial charge on any atom is 0.210 e. The van der Waals surface area contributed by atoms with Crippen LogP contribution in [0.2, 0.25) is 0 Å². The van der Waals surface area contributed by atoms with Gasteiger partial charge in [0, 0.05) is 24.1 Å². The van der Waals surface area contributed by atoms with Gasteiger partial charge in [-0.1, -0.05) is 6.08 Å². The van der Waals surface area contributed by atoms with Crippen LogP contribution in [0, 0.1) is 0 Å². The molecule has 1 aliphatic carbocycles. The minimum atomic E-state index is -0.651. The monoisotopic (exact) mass is 290 g/mol. The molecule has 1 unspecified atom stereocenters. The van der Waals surface area contributed by atoms with Crippen LogP contribution in [-0.4, -0.2) is 39.3 Å². The lowest BCUT2D eigenvalue weighted by atomic mass is 9.87. The highest BCUT2D eigenvalue weighted by atomic mass is 16.8. The quantitative estimate of drug-likeness (QED) is 0.837. The number of benzene rings is 1. The van der Waals surface area contributed by atoms with E-state index in [0.717, 1.165) is 35.5 Å². The molecule has 4 rings (SSSR count). The van der Waals surface area contributed by atoms with Gasteiger partial charge >= 0.3 is 0 Å². The van der Waals surface area contributed by atoms with Crippen molar-refractivity contribution in [2.24, 2.45) is 0 Å². The lowest BCUT2D eigenvalue weighted by molar-refractivity contribution is -0.200. The molecule has 21 heavy (non-hydrogen) atoms. The van der Waals surface area contributed by atoms with Gasteiger partial charge in [-0.2, -0.15) is 0 Å². The molecular weight excluding hydrogens is 272 g/mol. The molecule has 1 fully saturated rings. The zero-order chi connectivity index (χ0) is 14.4. The predicted octanol–water partition coefficient (Wildman–Crippen LogP) is 2.39. The topological polar surface area (TPSA) is 46.2 Å². The maximum absolute atomic E-state index is 6.16. The van der Waals surface area contributed by atoms with Crippen molar-refractivity contribution in [1.82, 2.24) is 0 Å². The standard InChI is InChI=1S/C16H18O5/c1-17-10-8-12(18-2)14-11-4-3-5-16(19-6-7-20-16)15(11)21-13(14)9-10/h4,8-9,15H,3,5-7H2,1-2H3. The second-order valence-corrected chi connectivity index (χ2v) is 5.41. The second kappa shape index (κ2) is 4.64. The summed E-state index contributed by atoms with van der Waals surface area (Å²) in [5, 5.41) is 0. The first-order valence-corrected chi connectivity index (χ1v) is 7.18. The lowest BCUT2D eigenvalue weighted by Gasteiger charge is -2.35. The smallest absolute Gasteiger partial charge is 0.210 e. The third-order valence-electron chi connectivity index (χ3n) is 4.34. The summed E-state index contributed by atoms with van der Waals surface area (Å²) in [6, 6.07) is 3.77. The van der Waals surface area contributed by atoms with Gasteiger partial charge in [-0.15, -0.1) is 0 Å². The van der Waals surface area contributed by atoms with Crippen LogP contribution in [0.25, 0.3) is 5.57 Å². The minimum Gasteiger partial charge on any atom is -0.496 e. The van der Waals surface area contributed by atoms with Gasteiger partial charge in [0.15, 0.2) is 6.10 Å². The molecule has 2 aliphatic heterocycles. The van der Waals surface area contributed by atoms with Crippen LogP contribution in [0.4, 0.5) is 0 Å². The Morgan fingerprint density at radius 2 is 1.95 bits per heavy atom. The minimum absolute atomic E-state index is 0.232. The van der Waals surface area contributed by atoms with E-state index in [1.165, 1.54) is 0 Å². The van der Waals surface area contributed by atoms with Crippen molar-refractivity contribution in [3.63, 3.8) is 0 Å². The molecule has 1 aromatic rings. The highest BCUT2D eigenvalue weighted by Crippen LogP contribution is 2.52. The summed E-state index contributed by atoms with van der Waals surface area (Å²) in [6.45, 7) is 1.23. The van der Waals surface area contributed by atoms with Gasteiger partial charge in [-0.05, 0) is 6.42 Å². The van der Waals surface area contributed by atoms with Crippen molar-refractivity contribution in [2.75, 3.05) is 27.4 Å². The van der Waals surface area contributed by atoms with Crippen LogP contribution in [0.3, 0.4) is 0 Å². The fourth-order valence-electron chi connectivity index (χ4n) is 3.41. The molecular formula is C16H18O5. The SMILES string of the molecule is COc1cc(OC)c2c(c1)OC1C2=CCCC12OCCO2. The molecule has 2 heterocycles. The lowest BCUT2D eigenvalue weighted by Crippen LogP contribution is -2.47. The van der Waals surface area contributed by atoms with Crippen molar-refractivity contribution in [2.45, 2.75) is 24.7 Å². The van der Waals surface area contributed by atoms with Crippen molar-refractivity contribution < 1.29 is 23.7 Å². The van der Waals surface area contributed by atoms with Crippen LogP contribution in [-0.2, 0) is 9.47 Å². The number of ether oxygens (including phenoxy) is 5. The Balaban J connectivity index is 1.82. The summed E-state index contributed by atoms with van der Waals surface area (Å²) in [5.41, 5.74) is 2.08. The maximum atomic E-state index is 6.16. The van der Waals surface area contributed by atoms with E-state index in [2.05, 4.69) is 6.08 Å². The summed E-state index contributed by atoms with van der Waals surface area (Å²) in [4.78, 5) is 0. The Morgan fingerprint density at radius 3 is 2.67 bits per heavy atom. The Morgan fingerprint density at radius 1 is 1.14 bits per heavy atom.